The van der Waals surface area contributed by atoms with E-state index in [2.05, 4.69) is 24.3 Å². The van der Waals surface area contributed by atoms with Gasteiger partial charge in [0, 0.05) is 20.0 Å². The quantitative estimate of drug-likeness (QED) is 0.742. The van der Waals surface area contributed by atoms with Gasteiger partial charge in [0.15, 0.2) is 0 Å². The van der Waals surface area contributed by atoms with Crippen LogP contribution in [-0.2, 0) is 13.6 Å². The molecule has 0 aliphatic rings. The Morgan fingerprint density at radius 2 is 1.71 bits per heavy atom. The molecule has 1 unspecified atom stereocenters. The van der Waals surface area contributed by atoms with E-state index in [0.29, 0.717) is 0 Å². The molecule has 0 saturated carbocycles. The average molecular weight is 254 g/mol. The van der Waals surface area contributed by atoms with Crippen LogP contribution in [0.2, 0.25) is 0 Å². The topological polar surface area (TPSA) is 35.5 Å². The molecule has 0 radical (unpaired) electrons. The molecule has 3 nitrogen and oxygen atoms in total. The lowest BCUT2D eigenvalue weighted by molar-refractivity contribution is 0.286. The van der Waals surface area contributed by atoms with Gasteiger partial charge in [0.25, 0.3) is 0 Å². The minimum absolute atomic E-state index is 0.175. The van der Waals surface area contributed by atoms with Crippen molar-refractivity contribution >= 4 is 7.60 Å². The molecule has 0 fully saturated rings. The molecule has 0 bridgehead atoms. The molecule has 0 aromatic heterocycles. The molecule has 0 spiro atoms. The number of allylic oxidation sites excluding steroid dienone is 1. The molecule has 94 valence electrons. The van der Waals surface area contributed by atoms with E-state index in [-0.39, 0.29) is 5.92 Å². The Hall–Kier alpha value is -0.890. The Labute approximate surface area is 103 Å². The smallest absolute Gasteiger partial charge is 0.309 e. The number of rotatable bonds is 5. The maximum Gasteiger partial charge on any atom is 0.353 e. The van der Waals surface area contributed by atoms with Crippen LogP contribution in [0.4, 0.5) is 0 Å². The summed E-state index contributed by atoms with van der Waals surface area (Å²) < 4.78 is 21.5. The Morgan fingerprint density at radius 3 is 2.18 bits per heavy atom. The van der Waals surface area contributed by atoms with E-state index in [1.165, 1.54) is 31.2 Å². The van der Waals surface area contributed by atoms with E-state index >= 15 is 0 Å². The van der Waals surface area contributed by atoms with Crippen molar-refractivity contribution in [1.29, 1.82) is 0 Å². The van der Waals surface area contributed by atoms with E-state index in [4.69, 9.17) is 9.05 Å². The minimum Gasteiger partial charge on any atom is -0.309 e. The normalized spacial score (nSPS) is 14.1. The molecule has 17 heavy (non-hydrogen) atoms. The van der Waals surface area contributed by atoms with Crippen LogP contribution in [0.15, 0.2) is 36.2 Å². The van der Waals surface area contributed by atoms with Crippen molar-refractivity contribution < 1.29 is 13.6 Å². The molecule has 0 heterocycles. The van der Waals surface area contributed by atoms with Gasteiger partial charge in [-0.15, -0.1) is 0 Å². The second-order valence-electron chi connectivity index (χ2n) is 3.95. The molecular formula is C13H19O3P. The second kappa shape index (κ2) is 6.15. The summed E-state index contributed by atoms with van der Waals surface area (Å²) in [7, 11) is -0.285. The van der Waals surface area contributed by atoms with Gasteiger partial charge in [-0.1, -0.05) is 42.8 Å². The van der Waals surface area contributed by atoms with Crippen molar-refractivity contribution in [3.8, 4) is 0 Å². The SMILES string of the molecule is COP(=O)(/C=C\C(C)c1ccc(C)cc1)OC. The van der Waals surface area contributed by atoms with Crippen molar-refractivity contribution in [2.24, 2.45) is 0 Å². The first-order valence-electron chi connectivity index (χ1n) is 5.48. The molecule has 0 aliphatic heterocycles. The highest BCUT2D eigenvalue weighted by Crippen LogP contribution is 2.48. The van der Waals surface area contributed by atoms with Crippen molar-refractivity contribution in [1.82, 2.24) is 0 Å². The summed E-state index contributed by atoms with van der Waals surface area (Å²) in [5.74, 6) is 1.69. The highest BCUT2D eigenvalue weighted by atomic mass is 31.2. The first-order chi connectivity index (χ1) is 8.00. The van der Waals surface area contributed by atoms with Crippen LogP contribution in [0.25, 0.3) is 0 Å². The molecule has 1 atom stereocenters. The largest absolute Gasteiger partial charge is 0.353 e. The lowest BCUT2D eigenvalue weighted by atomic mass is 10.0. The third-order valence-electron chi connectivity index (χ3n) is 2.67. The number of hydrogen-bond donors (Lipinski definition) is 0. The van der Waals surface area contributed by atoms with Gasteiger partial charge in [-0.25, -0.2) is 0 Å². The van der Waals surface area contributed by atoms with E-state index in [9.17, 15) is 4.57 Å². The van der Waals surface area contributed by atoms with Crippen molar-refractivity contribution in [3.05, 3.63) is 47.3 Å². The molecule has 1 aromatic carbocycles. The van der Waals surface area contributed by atoms with Gasteiger partial charge < -0.3 is 9.05 Å². The summed E-state index contributed by atoms with van der Waals surface area (Å²) in [4.78, 5) is 0. The van der Waals surface area contributed by atoms with Gasteiger partial charge >= 0.3 is 7.60 Å². The third-order valence-corrected chi connectivity index (χ3v) is 4.22. The van der Waals surface area contributed by atoms with E-state index in [0.717, 1.165) is 0 Å². The second-order valence-corrected chi connectivity index (χ2v) is 6.05. The predicted molar refractivity (Wildman–Crippen MR) is 70.4 cm³/mol. The fourth-order valence-electron chi connectivity index (χ4n) is 1.41. The van der Waals surface area contributed by atoms with Gasteiger partial charge in [0.1, 0.15) is 0 Å². The van der Waals surface area contributed by atoms with Crippen LogP contribution in [0.1, 0.15) is 24.0 Å². The standard InChI is InChI=1S/C13H19O3P/c1-11-5-7-13(8-6-11)12(2)9-10-17(14,15-3)16-4/h5-10,12H,1-4H3/b10-9-. The highest BCUT2D eigenvalue weighted by molar-refractivity contribution is 7.57. The molecule has 1 rings (SSSR count). The Bertz CT molecular complexity index is 415. The molecular weight excluding hydrogens is 235 g/mol. The summed E-state index contributed by atoms with van der Waals surface area (Å²) in [6.45, 7) is 4.09. The van der Waals surface area contributed by atoms with Crippen molar-refractivity contribution in [3.63, 3.8) is 0 Å². The Kier molecular flexibility index (Phi) is 5.13. The number of hydrogen-bond acceptors (Lipinski definition) is 3. The van der Waals surface area contributed by atoms with Gasteiger partial charge in [0.2, 0.25) is 0 Å². The third kappa shape index (κ3) is 4.12. The molecule has 0 aliphatic carbocycles. The summed E-state index contributed by atoms with van der Waals surface area (Å²) in [5, 5.41) is 0. The zero-order valence-corrected chi connectivity index (χ0v) is 11.6. The minimum atomic E-state index is -3.05. The number of aryl methyl sites for hydroxylation is 1. The zero-order valence-electron chi connectivity index (χ0n) is 10.7. The highest BCUT2D eigenvalue weighted by Gasteiger charge is 2.16. The molecule has 0 saturated heterocycles. The van der Waals surface area contributed by atoms with E-state index < -0.39 is 7.60 Å². The molecule has 4 heteroatoms. The van der Waals surface area contributed by atoms with Crippen LogP contribution in [-0.4, -0.2) is 14.2 Å². The van der Waals surface area contributed by atoms with Gasteiger partial charge in [-0.2, -0.15) is 0 Å². The summed E-state index contributed by atoms with van der Waals surface area (Å²) in [5.41, 5.74) is 2.40. The lowest BCUT2D eigenvalue weighted by Crippen LogP contribution is -1.90. The van der Waals surface area contributed by atoms with Crippen LogP contribution < -0.4 is 0 Å². The zero-order chi connectivity index (χ0) is 12.9. The van der Waals surface area contributed by atoms with Crippen LogP contribution in [0, 0.1) is 6.92 Å². The van der Waals surface area contributed by atoms with Crippen molar-refractivity contribution in [2.75, 3.05) is 14.2 Å². The van der Waals surface area contributed by atoms with E-state index in [1.807, 2.05) is 19.9 Å². The van der Waals surface area contributed by atoms with Crippen LogP contribution in [0.3, 0.4) is 0 Å². The summed E-state index contributed by atoms with van der Waals surface area (Å²) >= 11 is 0. The molecule has 0 amide bonds. The fourth-order valence-corrected chi connectivity index (χ4v) is 2.27. The summed E-state index contributed by atoms with van der Waals surface area (Å²) in [6, 6.07) is 8.25. The number of benzene rings is 1. The average Bonchev–Trinajstić information content (AvgIpc) is 2.36. The Morgan fingerprint density at radius 1 is 1.18 bits per heavy atom. The van der Waals surface area contributed by atoms with Gasteiger partial charge in [-0.3, -0.25) is 4.57 Å². The first-order valence-corrected chi connectivity index (χ1v) is 7.09. The Balaban J connectivity index is 2.78. The lowest BCUT2D eigenvalue weighted by Gasteiger charge is -2.11. The molecule has 1 aromatic rings. The predicted octanol–water partition coefficient (Wildman–Crippen LogP) is 4.10. The summed E-state index contributed by atoms with van der Waals surface area (Å²) in [6.07, 6.45) is 1.85. The maximum atomic E-state index is 11.8. The fraction of sp³-hybridized carbons (Fsp3) is 0.385. The van der Waals surface area contributed by atoms with Gasteiger partial charge in [-0.05, 0) is 18.4 Å². The first kappa shape index (κ1) is 14.2. The van der Waals surface area contributed by atoms with Crippen LogP contribution in [0.5, 0.6) is 0 Å². The van der Waals surface area contributed by atoms with Crippen LogP contribution >= 0.6 is 7.60 Å². The monoisotopic (exact) mass is 254 g/mol. The van der Waals surface area contributed by atoms with Crippen molar-refractivity contribution in [2.45, 2.75) is 19.8 Å². The molecule has 0 N–H and O–H groups in total. The van der Waals surface area contributed by atoms with Gasteiger partial charge in [0.05, 0.1) is 0 Å². The van der Waals surface area contributed by atoms with E-state index in [1.54, 1.807) is 0 Å². The maximum absolute atomic E-state index is 11.8.